The van der Waals surface area contributed by atoms with Crippen LogP contribution in [0.25, 0.3) is 0 Å². The Morgan fingerprint density at radius 3 is 2.65 bits per heavy atom. The van der Waals surface area contributed by atoms with Gasteiger partial charge in [-0.25, -0.2) is 0 Å². The molecule has 0 fully saturated rings. The number of nitriles is 1. The van der Waals surface area contributed by atoms with Gasteiger partial charge < -0.3 is 10.6 Å². The molecule has 5 heteroatoms. The molecule has 2 N–H and O–H groups in total. The van der Waals surface area contributed by atoms with Crippen LogP contribution in [0.4, 0.5) is 5.69 Å². The van der Waals surface area contributed by atoms with Gasteiger partial charge in [-0.15, -0.1) is 0 Å². The maximum atomic E-state index is 11.8. The van der Waals surface area contributed by atoms with Crippen molar-refractivity contribution in [1.82, 2.24) is 5.32 Å². The van der Waals surface area contributed by atoms with E-state index in [9.17, 15) is 4.79 Å². The lowest BCUT2D eigenvalue weighted by Crippen LogP contribution is -2.27. The number of hydrogen-bond donors (Lipinski definition) is 2. The van der Waals surface area contributed by atoms with Crippen molar-refractivity contribution in [2.45, 2.75) is 12.8 Å². The standard InChI is InChI=1S/C18H18ClN3O/c19-16-6-4-14(5-7-16)8-10-22-18(23)9-11-21-17-3-1-2-15(12-17)13-20/h1-7,12,21H,8-11H2,(H,22,23). The molecule has 0 saturated heterocycles. The van der Waals surface area contributed by atoms with Gasteiger partial charge in [0.25, 0.3) is 0 Å². The number of carbonyl (C=O) groups is 1. The van der Waals surface area contributed by atoms with Crippen molar-refractivity contribution in [2.24, 2.45) is 0 Å². The lowest BCUT2D eigenvalue weighted by molar-refractivity contribution is -0.120. The van der Waals surface area contributed by atoms with Gasteiger partial charge in [-0.05, 0) is 42.3 Å². The minimum Gasteiger partial charge on any atom is -0.384 e. The van der Waals surface area contributed by atoms with Gasteiger partial charge >= 0.3 is 0 Å². The summed E-state index contributed by atoms with van der Waals surface area (Å²) in [5, 5.41) is 15.6. The van der Waals surface area contributed by atoms with Crippen LogP contribution < -0.4 is 10.6 Å². The first kappa shape index (κ1) is 16.9. The molecule has 0 aliphatic rings. The molecule has 0 bridgehead atoms. The average Bonchev–Trinajstić information content (AvgIpc) is 2.57. The number of rotatable bonds is 7. The molecule has 23 heavy (non-hydrogen) atoms. The smallest absolute Gasteiger partial charge is 0.221 e. The van der Waals surface area contributed by atoms with Gasteiger partial charge in [0.15, 0.2) is 0 Å². The van der Waals surface area contributed by atoms with Crippen molar-refractivity contribution in [3.05, 3.63) is 64.7 Å². The van der Waals surface area contributed by atoms with Gasteiger partial charge in [-0.2, -0.15) is 5.26 Å². The van der Waals surface area contributed by atoms with Crippen molar-refractivity contribution in [2.75, 3.05) is 18.4 Å². The molecule has 118 valence electrons. The molecule has 0 radical (unpaired) electrons. The van der Waals surface area contributed by atoms with Crippen LogP contribution in [0.1, 0.15) is 17.5 Å². The lowest BCUT2D eigenvalue weighted by Gasteiger charge is -2.08. The number of halogens is 1. The monoisotopic (exact) mass is 327 g/mol. The third-order valence-electron chi connectivity index (χ3n) is 3.32. The molecular weight excluding hydrogens is 310 g/mol. The molecule has 2 aromatic carbocycles. The van der Waals surface area contributed by atoms with Crippen molar-refractivity contribution < 1.29 is 4.79 Å². The molecule has 1 amide bonds. The molecule has 2 aromatic rings. The first-order chi connectivity index (χ1) is 11.2. The second kappa shape index (κ2) is 8.82. The summed E-state index contributed by atoms with van der Waals surface area (Å²) in [6, 6.07) is 16.9. The molecule has 0 heterocycles. The van der Waals surface area contributed by atoms with E-state index >= 15 is 0 Å². The van der Waals surface area contributed by atoms with Crippen LogP contribution in [0.15, 0.2) is 48.5 Å². The zero-order chi connectivity index (χ0) is 16.5. The second-order valence-corrected chi connectivity index (χ2v) is 5.53. The van der Waals surface area contributed by atoms with E-state index in [1.165, 1.54) is 0 Å². The van der Waals surface area contributed by atoms with Crippen LogP contribution in [0.3, 0.4) is 0 Å². The van der Waals surface area contributed by atoms with Crippen molar-refractivity contribution in [3.8, 4) is 6.07 Å². The fourth-order valence-corrected chi connectivity index (χ4v) is 2.23. The summed E-state index contributed by atoms with van der Waals surface area (Å²) in [5.41, 5.74) is 2.58. The van der Waals surface area contributed by atoms with E-state index in [0.29, 0.717) is 30.1 Å². The number of amides is 1. The van der Waals surface area contributed by atoms with E-state index < -0.39 is 0 Å². The molecule has 0 aliphatic carbocycles. The minimum absolute atomic E-state index is 0.00269. The summed E-state index contributed by atoms with van der Waals surface area (Å²) in [4.78, 5) is 11.8. The lowest BCUT2D eigenvalue weighted by atomic mass is 10.1. The molecule has 0 aromatic heterocycles. The van der Waals surface area contributed by atoms with Crippen molar-refractivity contribution >= 4 is 23.2 Å². The molecule has 0 atom stereocenters. The van der Waals surface area contributed by atoms with Gasteiger partial charge in [0, 0.05) is 30.2 Å². The molecule has 4 nitrogen and oxygen atoms in total. The summed E-state index contributed by atoms with van der Waals surface area (Å²) < 4.78 is 0. The number of carbonyl (C=O) groups excluding carboxylic acids is 1. The molecule has 0 aliphatic heterocycles. The normalized spacial score (nSPS) is 9.91. The maximum Gasteiger partial charge on any atom is 0.221 e. The molecule has 0 unspecified atom stereocenters. The number of anilines is 1. The van der Waals surface area contributed by atoms with Crippen LogP contribution >= 0.6 is 11.6 Å². The molecule has 0 spiro atoms. The third-order valence-corrected chi connectivity index (χ3v) is 3.57. The Morgan fingerprint density at radius 1 is 1.13 bits per heavy atom. The fourth-order valence-electron chi connectivity index (χ4n) is 2.10. The highest BCUT2D eigenvalue weighted by Gasteiger charge is 2.01. The topological polar surface area (TPSA) is 64.9 Å². The first-order valence-electron chi connectivity index (χ1n) is 7.42. The van der Waals surface area contributed by atoms with E-state index in [4.69, 9.17) is 16.9 Å². The molecule has 0 saturated carbocycles. The second-order valence-electron chi connectivity index (χ2n) is 5.10. The summed E-state index contributed by atoms with van der Waals surface area (Å²) in [7, 11) is 0. The minimum atomic E-state index is 0.00269. The Hall–Kier alpha value is -2.51. The zero-order valence-corrected chi connectivity index (χ0v) is 13.4. The Kier molecular flexibility index (Phi) is 6.46. The van der Waals surface area contributed by atoms with Crippen LogP contribution in [0, 0.1) is 11.3 Å². The Balaban J connectivity index is 1.65. The number of benzene rings is 2. The Morgan fingerprint density at radius 2 is 1.91 bits per heavy atom. The summed E-state index contributed by atoms with van der Waals surface area (Å²) >= 11 is 5.83. The molecule has 2 rings (SSSR count). The van der Waals surface area contributed by atoms with Crippen molar-refractivity contribution in [1.29, 1.82) is 5.26 Å². The largest absolute Gasteiger partial charge is 0.384 e. The van der Waals surface area contributed by atoms with Crippen LogP contribution in [0.2, 0.25) is 5.02 Å². The van der Waals surface area contributed by atoms with Crippen LogP contribution in [-0.2, 0) is 11.2 Å². The van der Waals surface area contributed by atoms with Crippen molar-refractivity contribution in [3.63, 3.8) is 0 Å². The highest BCUT2D eigenvalue weighted by Crippen LogP contribution is 2.10. The highest BCUT2D eigenvalue weighted by molar-refractivity contribution is 6.30. The van der Waals surface area contributed by atoms with E-state index in [1.807, 2.05) is 36.4 Å². The van der Waals surface area contributed by atoms with Gasteiger partial charge in [0.05, 0.1) is 11.6 Å². The van der Waals surface area contributed by atoms with Gasteiger partial charge in [-0.1, -0.05) is 29.8 Å². The van der Waals surface area contributed by atoms with Gasteiger partial charge in [0.2, 0.25) is 5.91 Å². The van der Waals surface area contributed by atoms with Gasteiger partial charge in [-0.3, -0.25) is 4.79 Å². The first-order valence-corrected chi connectivity index (χ1v) is 7.80. The quantitative estimate of drug-likeness (QED) is 0.819. The summed E-state index contributed by atoms with van der Waals surface area (Å²) in [5.74, 6) is 0.00269. The van der Waals surface area contributed by atoms with E-state index in [1.54, 1.807) is 12.1 Å². The predicted octanol–water partition coefficient (Wildman–Crippen LogP) is 3.37. The average molecular weight is 328 g/mol. The zero-order valence-electron chi connectivity index (χ0n) is 12.7. The van der Waals surface area contributed by atoms with E-state index in [-0.39, 0.29) is 5.91 Å². The fraction of sp³-hybridized carbons (Fsp3) is 0.222. The molecular formula is C18H18ClN3O. The third kappa shape index (κ3) is 6.01. The highest BCUT2D eigenvalue weighted by atomic mass is 35.5. The van der Waals surface area contributed by atoms with Gasteiger partial charge in [0.1, 0.15) is 0 Å². The number of nitrogens with zero attached hydrogens (tertiary/aromatic N) is 1. The SMILES string of the molecule is N#Cc1cccc(NCCC(=O)NCCc2ccc(Cl)cc2)c1. The predicted molar refractivity (Wildman–Crippen MR) is 92.4 cm³/mol. The summed E-state index contributed by atoms with van der Waals surface area (Å²) in [6.07, 6.45) is 1.16. The Bertz CT molecular complexity index is 692. The number of nitrogens with one attached hydrogen (secondary N) is 2. The van der Waals surface area contributed by atoms with E-state index in [2.05, 4.69) is 16.7 Å². The Labute approximate surface area is 141 Å². The number of hydrogen-bond acceptors (Lipinski definition) is 3. The summed E-state index contributed by atoms with van der Waals surface area (Å²) in [6.45, 7) is 1.13. The maximum absolute atomic E-state index is 11.8. The van der Waals surface area contributed by atoms with Crippen LogP contribution in [-0.4, -0.2) is 19.0 Å². The van der Waals surface area contributed by atoms with Crippen LogP contribution in [0.5, 0.6) is 0 Å². The van der Waals surface area contributed by atoms with E-state index in [0.717, 1.165) is 17.7 Å².